The fourth-order valence-electron chi connectivity index (χ4n) is 6.20. The predicted octanol–water partition coefficient (Wildman–Crippen LogP) is 5.55. The monoisotopic (exact) mass is 577 g/mol. The Morgan fingerprint density at radius 3 is 2.24 bits per heavy atom. The SMILES string of the molecule is CN1CCN([C@H]2CC[C@H](c3nn(-c4ccc(NC(=O)c5ccc(C(F)(F)F)cc5)cc4)c4c(N)nccc43)CC2)CC1. The summed E-state index contributed by atoms with van der Waals surface area (Å²) in [5, 5.41) is 8.80. The van der Waals surface area contributed by atoms with Crippen LogP contribution in [0.1, 0.15) is 53.2 Å². The van der Waals surface area contributed by atoms with Gasteiger partial charge in [-0.3, -0.25) is 9.69 Å². The summed E-state index contributed by atoms with van der Waals surface area (Å²) in [7, 11) is 2.18. The number of halogens is 3. The Morgan fingerprint density at radius 2 is 1.60 bits per heavy atom. The number of benzene rings is 2. The third-order valence-corrected chi connectivity index (χ3v) is 8.63. The zero-order valence-electron chi connectivity index (χ0n) is 23.4. The fraction of sp³-hybridized carbons (Fsp3) is 0.387. The Balaban J connectivity index is 1.18. The summed E-state index contributed by atoms with van der Waals surface area (Å²) in [4.78, 5) is 22.0. The van der Waals surface area contributed by atoms with Gasteiger partial charge >= 0.3 is 6.18 Å². The molecule has 42 heavy (non-hydrogen) atoms. The molecule has 11 heteroatoms. The first kappa shape index (κ1) is 28.2. The number of carbonyl (C=O) groups is 1. The number of aromatic nitrogens is 3. The lowest BCUT2D eigenvalue weighted by Gasteiger charge is -2.41. The van der Waals surface area contributed by atoms with Crippen molar-refractivity contribution in [1.82, 2.24) is 24.6 Å². The molecule has 1 saturated heterocycles. The lowest BCUT2D eigenvalue weighted by molar-refractivity contribution is -0.137. The number of hydrogen-bond acceptors (Lipinski definition) is 6. The van der Waals surface area contributed by atoms with E-state index in [-0.39, 0.29) is 5.56 Å². The minimum atomic E-state index is -4.45. The van der Waals surface area contributed by atoms with Crippen molar-refractivity contribution in [2.75, 3.05) is 44.3 Å². The number of fused-ring (bicyclic) bond motifs is 1. The fourth-order valence-corrected chi connectivity index (χ4v) is 6.20. The molecule has 1 aliphatic heterocycles. The molecular weight excluding hydrogens is 543 g/mol. The predicted molar refractivity (Wildman–Crippen MR) is 157 cm³/mol. The molecule has 220 valence electrons. The molecule has 8 nitrogen and oxygen atoms in total. The van der Waals surface area contributed by atoms with Crippen molar-refractivity contribution in [2.24, 2.45) is 0 Å². The van der Waals surface area contributed by atoms with Crippen molar-refractivity contribution >= 4 is 28.3 Å². The van der Waals surface area contributed by atoms with E-state index in [4.69, 9.17) is 10.8 Å². The number of piperazine rings is 1. The summed E-state index contributed by atoms with van der Waals surface area (Å²) in [5.74, 6) is 0.238. The molecule has 2 aromatic carbocycles. The maximum absolute atomic E-state index is 12.8. The van der Waals surface area contributed by atoms with Gasteiger partial charge in [-0.05, 0) is 87.3 Å². The topological polar surface area (TPSA) is 92.3 Å². The molecule has 3 N–H and O–H groups in total. The van der Waals surface area contributed by atoms with Gasteiger partial charge in [0.1, 0.15) is 11.3 Å². The third kappa shape index (κ3) is 5.71. The molecule has 4 aromatic rings. The molecule has 2 fully saturated rings. The molecule has 1 aliphatic carbocycles. The maximum atomic E-state index is 12.8. The van der Waals surface area contributed by atoms with Crippen molar-refractivity contribution in [3.63, 3.8) is 0 Å². The molecule has 0 radical (unpaired) electrons. The molecule has 1 amide bonds. The number of hydrogen-bond donors (Lipinski definition) is 2. The highest BCUT2D eigenvalue weighted by atomic mass is 19.4. The van der Waals surface area contributed by atoms with E-state index in [0.717, 1.165) is 98.4 Å². The summed E-state index contributed by atoms with van der Waals surface area (Å²) in [5.41, 5.74) is 8.76. The second-order valence-corrected chi connectivity index (χ2v) is 11.3. The number of rotatable bonds is 5. The van der Waals surface area contributed by atoms with Crippen LogP contribution in [0.15, 0.2) is 60.8 Å². The first-order chi connectivity index (χ1) is 20.2. The molecule has 0 unspecified atom stereocenters. The molecule has 6 rings (SSSR count). The quantitative estimate of drug-likeness (QED) is 0.323. The zero-order valence-corrected chi connectivity index (χ0v) is 23.4. The van der Waals surface area contributed by atoms with E-state index in [9.17, 15) is 18.0 Å². The second kappa shape index (κ2) is 11.4. The van der Waals surface area contributed by atoms with Crippen LogP contribution in [0.5, 0.6) is 0 Å². The molecular formula is C31H34F3N7O. The van der Waals surface area contributed by atoms with Crippen LogP contribution in [0.3, 0.4) is 0 Å². The number of nitrogens with two attached hydrogens (primary N) is 1. The standard InChI is InChI=1S/C31H34F3N7O/c1-39-16-18-40(19-17-39)24-10-4-20(5-11-24)27-26-14-15-36-29(35)28(26)41(38-27)25-12-8-23(9-13-25)37-30(42)21-2-6-22(7-3-21)31(32,33)34/h2-3,6-9,12-15,20,24H,4-5,10-11,16-19H2,1H3,(H2,35,36)(H,37,42)/t20-,24-. The number of likely N-dealkylation sites (N-methyl/N-ethyl adjacent to an activating group) is 1. The molecule has 3 heterocycles. The van der Waals surface area contributed by atoms with Gasteiger partial charge in [-0.1, -0.05) is 0 Å². The van der Waals surface area contributed by atoms with Gasteiger partial charge in [-0.15, -0.1) is 0 Å². The van der Waals surface area contributed by atoms with Crippen molar-refractivity contribution < 1.29 is 18.0 Å². The Bertz CT molecular complexity index is 1550. The lowest BCUT2D eigenvalue weighted by Crippen LogP contribution is -2.49. The molecule has 0 spiro atoms. The van der Waals surface area contributed by atoms with E-state index in [1.165, 1.54) is 0 Å². The van der Waals surface area contributed by atoms with Gasteiger partial charge in [-0.25, -0.2) is 9.67 Å². The van der Waals surface area contributed by atoms with Crippen LogP contribution in [0.25, 0.3) is 16.6 Å². The smallest absolute Gasteiger partial charge is 0.382 e. The summed E-state index contributed by atoms with van der Waals surface area (Å²) >= 11 is 0. The van der Waals surface area contributed by atoms with Gasteiger partial charge < -0.3 is 16.0 Å². The number of pyridine rings is 1. The van der Waals surface area contributed by atoms with Crippen LogP contribution < -0.4 is 11.1 Å². The second-order valence-electron chi connectivity index (χ2n) is 11.3. The van der Waals surface area contributed by atoms with E-state index in [1.807, 2.05) is 22.9 Å². The summed E-state index contributed by atoms with van der Waals surface area (Å²) in [6, 6.07) is 13.9. The number of nitrogens with one attached hydrogen (secondary N) is 1. The summed E-state index contributed by atoms with van der Waals surface area (Å²) < 4.78 is 40.4. The minimum Gasteiger partial charge on any atom is -0.382 e. The van der Waals surface area contributed by atoms with Crippen LogP contribution in [-0.4, -0.2) is 69.7 Å². The Morgan fingerprint density at radius 1 is 0.929 bits per heavy atom. The van der Waals surface area contributed by atoms with Crippen molar-refractivity contribution in [1.29, 1.82) is 0 Å². The van der Waals surface area contributed by atoms with Crippen LogP contribution >= 0.6 is 0 Å². The third-order valence-electron chi connectivity index (χ3n) is 8.63. The number of nitrogens with zero attached hydrogens (tertiary/aromatic N) is 5. The number of alkyl halides is 3. The summed E-state index contributed by atoms with van der Waals surface area (Å²) in [6.07, 6.45) is 1.71. The van der Waals surface area contributed by atoms with Crippen LogP contribution in [0.4, 0.5) is 24.7 Å². The lowest BCUT2D eigenvalue weighted by atomic mass is 9.82. The normalized spacial score (nSPS) is 20.6. The Hall–Kier alpha value is -3.96. The average Bonchev–Trinajstić information content (AvgIpc) is 3.39. The highest BCUT2D eigenvalue weighted by Crippen LogP contribution is 2.39. The van der Waals surface area contributed by atoms with Gasteiger partial charge in [0.2, 0.25) is 0 Å². The van der Waals surface area contributed by atoms with Gasteiger partial charge in [0.25, 0.3) is 5.91 Å². The zero-order chi connectivity index (χ0) is 29.4. The van der Waals surface area contributed by atoms with Crippen LogP contribution in [-0.2, 0) is 6.18 Å². The number of nitrogen functional groups attached to an aromatic ring is 1. The highest BCUT2D eigenvalue weighted by Gasteiger charge is 2.32. The van der Waals surface area contributed by atoms with Gasteiger partial charge in [-0.2, -0.15) is 18.3 Å². The maximum Gasteiger partial charge on any atom is 0.416 e. The molecule has 2 aromatic heterocycles. The first-order valence-electron chi connectivity index (χ1n) is 14.3. The molecule has 0 bridgehead atoms. The van der Waals surface area contributed by atoms with Crippen LogP contribution in [0, 0.1) is 0 Å². The summed E-state index contributed by atoms with van der Waals surface area (Å²) in [6.45, 7) is 4.51. The largest absolute Gasteiger partial charge is 0.416 e. The molecule has 2 aliphatic rings. The number of anilines is 2. The Kier molecular flexibility index (Phi) is 7.63. The average molecular weight is 578 g/mol. The number of carbonyl (C=O) groups excluding carboxylic acids is 1. The minimum absolute atomic E-state index is 0.135. The van der Waals surface area contributed by atoms with E-state index in [2.05, 4.69) is 27.1 Å². The van der Waals surface area contributed by atoms with Gasteiger partial charge in [0.15, 0.2) is 0 Å². The van der Waals surface area contributed by atoms with E-state index in [0.29, 0.717) is 23.5 Å². The van der Waals surface area contributed by atoms with Crippen molar-refractivity contribution in [2.45, 2.75) is 43.8 Å². The van der Waals surface area contributed by atoms with Crippen molar-refractivity contribution in [3.8, 4) is 5.69 Å². The molecule has 0 atom stereocenters. The Labute approximate surface area is 242 Å². The van der Waals surface area contributed by atoms with Gasteiger partial charge in [0.05, 0.1) is 16.9 Å². The molecule has 1 saturated carbocycles. The highest BCUT2D eigenvalue weighted by molar-refractivity contribution is 6.04. The van der Waals surface area contributed by atoms with E-state index in [1.54, 1.807) is 18.3 Å². The van der Waals surface area contributed by atoms with Crippen LogP contribution in [0.2, 0.25) is 0 Å². The van der Waals surface area contributed by atoms with E-state index < -0.39 is 17.6 Å². The van der Waals surface area contributed by atoms with Crippen molar-refractivity contribution in [3.05, 3.63) is 77.6 Å². The van der Waals surface area contributed by atoms with E-state index >= 15 is 0 Å². The number of amides is 1. The van der Waals surface area contributed by atoms with Gasteiger partial charge in [0, 0.05) is 61.0 Å². The first-order valence-corrected chi connectivity index (χ1v) is 14.3.